The number of halogens is 1. The second kappa shape index (κ2) is 8.02. The third-order valence-corrected chi connectivity index (χ3v) is 5.91. The molecule has 0 aliphatic rings. The van der Waals surface area contributed by atoms with Gasteiger partial charge in [-0.1, -0.05) is 24.8 Å². The SMILES string of the molecule is C=C(/C=c1/c(-c2cc3c(-c4cccc(F)c4)ccnc3[nH]2)n[nH]/c1=C/C)c1cnc(C)n1C. The van der Waals surface area contributed by atoms with Crippen LogP contribution in [0.2, 0.25) is 0 Å². The van der Waals surface area contributed by atoms with Gasteiger partial charge in [0, 0.05) is 23.8 Å². The largest absolute Gasteiger partial charge is 0.338 e. The first-order valence-corrected chi connectivity index (χ1v) is 10.6. The molecule has 0 aliphatic heterocycles. The van der Waals surface area contributed by atoms with Gasteiger partial charge in [-0.2, -0.15) is 5.10 Å². The lowest BCUT2D eigenvalue weighted by atomic mass is 10.0. The highest BCUT2D eigenvalue weighted by molar-refractivity contribution is 5.96. The number of nitrogens with zero attached hydrogens (tertiary/aromatic N) is 4. The van der Waals surface area contributed by atoms with Crippen molar-refractivity contribution in [2.75, 3.05) is 0 Å². The molecule has 1 aromatic carbocycles. The fourth-order valence-electron chi connectivity index (χ4n) is 4.05. The zero-order valence-electron chi connectivity index (χ0n) is 18.6. The average molecular weight is 439 g/mol. The first kappa shape index (κ1) is 20.6. The van der Waals surface area contributed by atoms with Crippen LogP contribution in [-0.2, 0) is 7.05 Å². The number of allylic oxidation sites excluding steroid dienone is 1. The van der Waals surface area contributed by atoms with E-state index in [4.69, 9.17) is 0 Å². The zero-order chi connectivity index (χ0) is 23.1. The third-order valence-electron chi connectivity index (χ3n) is 5.91. The molecule has 0 spiro atoms. The van der Waals surface area contributed by atoms with Gasteiger partial charge in [0.05, 0.1) is 22.9 Å². The van der Waals surface area contributed by atoms with Crippen LogP contribution in [0.1, 0.15) is 18.4 Å². The van der Waals surface area contributed by atoms with Crippen LogP contribution in [0.3, 0.4) is 0 Å². The highest BCUT2D eigenvalue weighted by atomic mass is 19.1. The summed E-state index contributed by atoms with van der Waals surface area (Å²) in [6.45, 7) is 8.18. The van der Waals surface area contributed by atoms with Crippen LogP contribution in [0.5, 0.6) is 0 Å². The number of hydrogen-bond acceptors (Lipinski definition) is 3. The summed E-state index contributed by atoms with van der Waals surface area (Å²) in [5, 5.41) is 10.4. The molecule has 5 aromatic rings. The molecule has 0 radical (unpaired) electrons. The first-order chi connectivity index (χ1) is 16.0. The molecule has 0 unspecified atom stereocenters. The Kier molecular flexibility index (Phi) is 5.01. The van der Waals surface area contributed by atoms with Crippen molar-refractivity contribution in [1.82, 2.24) is 29.7 Å². The topological polar surface area (TPSA) is 75.2 Å². The summed E-state index contributed by atoms with van der Waals surface area (Å²) in [7, 11) is 1.97. The molecule has 6 nitrogen and oxygen atoms in total. The van der Waals surface area contributed by atoms with Crippen LogP contribution in [0.4, 0.5) is 4.39 Å². The lowest BCUT2D eigenvalue weighted by Gasteiger charge is -2.03. The van der Waals surface area contributed by atoms with Crippen molar-refractivity contribution < 1.29 is 4.39 Å². The van der Waals surface area contributed by atoms with Gasteiger partial charge in [-0.3, -0.25) is 5.10 Å². The van der Waals surface area contributed by atoms with E-state index in [1.165, 1.54) is 12.1 Å². The summed E-state index contributed by atoms with van der Waals surface area (Å²) in [6.07, 6.45) is 7.53. The quantitative estimate of drug-likeness (QED) is 0.444. The molecule has 0 atom stereocenters. The van der Waals surface area contributed by atoms with Gasteiger partial charge in [0.15, 0.2) is 0 Å². The summed E-state index contributed by atoms with van der Waals surface area (Å²) >= 11 is 0. The van der Waals surface area contributed by atoms with Gasteiger partial charge >= 0.3 is 0 Å². The van der Waals surface area contributed by atoms with Crippen molar-refractivity contribution in [1.29, 1.82) is 0 Å². The number of rotatable bonds is 4. The van der Waals surface area contributed by atoms with Crippen molar-refractivity contribution in [3.8, 4) is 22.5 Å². The maximum atomic E-state index is 13.8. The van der Waals surface area contributed by atoms with Crippen LogP contribution in [0.25, 0.3) is 51.3 Å². The van der Waals surface area contributed by atoms with Gasteiger partial charge in [0.1, 0.15) is 23.0 Å². The molecule has 0 bridgehead atoms. The Balaban J connectivity index is 1.68. The lowest BCUT2D eigenvalue weighted by Crippen LogP contribution is -2.23. The van der Waals surface area contributed by atoms with E-state index in [-0.39, 0.29) is 5.82 Å². The smallest absolute Gasteiger partial charge is 0.138 e. The van der Waals surface area contributed by atoms with E-state index < -0.39 is 0 Å². The van der Waals surface area contributed by atoms with E-state index in [9.17, 15) is 4.39 Å². The Morgan fingerprint density at radius 2 is 2.03 bits per heavy atom. The number of fused-ring (bicyclic) bond motifs is 1. The monoisotopic (exact) mass is 438 g/mol. The molecule has 0 amide bonds. The number of imidazole rings is 1. The summed E-state index contributed by atoms with van der Waals surface area (Å²) in [5.41, 5.74) is 5.75. The van der Waals surface area contributed by atoms with Gasteiger partial charge in [-0.05, 0) is 60.9 Å². The van der Waals surface area contributed by atoms with E-state index in [0.29, 0.717) is 5.65 Å². The van der Waals surface area contributed by atoms with E-state index >= 15 is 0 Å². The van der Waals surface area contributed by atoms with E-state index in [1.54, 1.807) is 12.3 Å². The highest BCUT2D eigenvalue weighted by Gasteiger charge is 2.14. The molecular weight excluding hydrogens is 415 g/mol. The van der Waals surface area contributed by atoms with Crippen LogP contribution in [-0.4, -0.2) is 29.7 Å². The maximum Gasteiger partial charge on any atom is 0.138 e. The van der Waals surface area contributed by atoms with Crippen molar-refractivity contribution in [2.24, 2.45) is 7.05 Å². The normalized spacial score (nSPS) is 12.7. The number of nitrogens with one attached hydrogen (secondary N) is 2. The van der Waals surface area contributed by atoms with E-state index in [1.807, 2.05) is 62.0 Å². The van der Waals surface area contributed by atoms with Crippen molar-refractivity contribution >= 4 is 28.8 Å². The molecule has 0 saturated heterocycles. The van der Waals surface area contributed by atoms with Gasteiger partial charge in [0.2, 0.25) is 0 Å². The number of aromatic nitrogens is 6. The molecular formula is C26H23FN6. The Morgan fingerprint density at radius 3 is 2.76 bits per heavy atom. The van der Waals surface area contributed by atoms with Gasteiger partial charge in [-0.25, -0.2) is 14.4 Å². The molecule has 7 heteroatoms. The molecule has 33 heavy (non-hydrogen) atoms. The lowest BCUT2D eigenvalue weighted by molar-refractivity contribution is 0.628. The molecule has 4 aromatic heterocycles. The van der Waals surface area contributed by atoms with E-state index in [0.717, 1.165) is 55.6 Å². The fourth-order valence-corrected chi connectivity index (χ4v) is 4.05. The first-order valence-electron chi connectivity index (χ1n) is 10.6. The van der Waals surface area contributed by atoms with Gasteiger partial charge in [-0.15, -0.1) is 0 Å². The van der Waals surface area contributed by atoms with Crippen LogP contribution < -0.4 is 10.6 Å². The average Bonchev–Trinajstić information content (AvgIpc) is 3.50. The summed E-state index contributed by atoms with van der Waals surface area (Å²) in [4.78, 5) is 12.2. The number of benzene rings is 1. The van der Waals surface area contributed by atoms with E-state index in [2.05, 4.69) is 31.7 Å². The predicted molar refractivity (Wildman–Crippen MR) is 130 cm³/mol. The molecule has 0 saturated carbocycles. The third kappa shape index (κ3) is 3.57. The zero-order valence-corrected chi connectivity index (χ0v) is 18.6. The minimum Gasteiger partial charge on any atom is -0.338 e. The fraction of sp³-hybridized carbons (Fsp3) is 0.115. The summed E-state index contributed by atoms with van der Waals surface area (Å²) in [5.74, 6) is 0.644. The molecule has 2 N–H and O–H groups in total. The molecule has 0 aliphatic carbocycles. The molecule has 0 fully saturated rings. The number of H-pyrrole nitrogens is 2. The molecule has 5 rings (SSSR count). The second-order valence-electron chi connectivity index (χ2n) is 7.92. The predicted octanol–water partition coefficient (Wildman–Crippen LogP) is 4.10. The number of pyridine rings is 1. The summed E-state index contributed by atoms with van der Waals surface area (Å²) in [6, 6.07) is 10.5. The Hall–Kier alpha value is -4.26. The number of hydrogen-bond donors (Lipinski definition) is 2. The molecule has 164 valence electrons. The Morgan fingerprint density at radius 1 is 1.18 bits per heavy atom. The molecule has 4 heterocycles. The minimum absolute atomic E-state index is 0.274. The number of aryl methyl sites for hydroxylation is 1. The Labute approximate surface area is 189 Å². The maximum absolute atomic E-state index is 13.8. The standard InChI is InChI=1S/C26H23FN6/c1-5-22-21(11-15(2)24-14-29-16(3)33(24)4)25(32-31-22)23-13-20-19(9-10-28-26(20)30-23)17-7-6-8-18(27)12-17/h5-14,31H,2H2,1,3-4H3,(H,28,30)/b21-11+,22-5+. The van der Waals surface area contributed by atoms with Gasteiger partial charge in [0.25, 0.3) is 0 Å². The van der Waals surface area contributed by atoms with Crippen LogP contribution in [0.15, 0.2) is 55.4 Å². The summed E-state index contributed by atoms with van der Waals surface area (Å²) < 4.78 is 15.9. The van der Waals surface area contributed by atoms with Crippen molar-refractivity contribution in [2.45, 2.75) is 13.8 Å². The second-order valence-corrected chi connectivity index (χ2v) is 7.92. The van der Waals surface area contributed by atoms with Crippen LogP contribution >= 0.6 is 0 Å². The van der Waals surface area contributed by atoms with Crippen molar-refractivity contribution in [3.05, 3.63) is 83.3 Å². The highest BCUT2D eigenvalue weighted by Crippen LogP contribution is 2.30. The van der Waals surface area contributed by atoms with Gasteiger partial charge < -0.3 is 9.55 Å². The minimum atomic E-state index is -0.274. The van der Waals surface area contributed by atoms with Crippen LogP contribution in [0, 0.1) is 12.7 Å². The Bertz CT molecular complexity index is 1630. The number of aromatic amines is 2. The van der Waals surface area contributed by atoms with Crippen molar-refractivity contribution in [3.63, 3.8) is 0 Å².